The van der Waals surface area contributed by atoms with Crippen LogP contribution in [0.5, 0.6) is 0 Å². The second-order valence-corrected chi connectivity index (χ2v) is 11.1. The number of ether oxygens (including phenoxy) is 1. The first-order chi connectivity index (χ1) is 16.3. The molecule has 0 spiro atoms. The van der Waals surface area contributed by atoms with Crippen LogP contribution in [0.25, 0.3) is 32.9 Å². The zero-order valence-electron chi connectivity index (χ0n) is 18.8. The van der Waals surface area contributed by atoms with Crippen molar-refractivity contribution in [3.63, 3.8) is 0 Å². The van der Waals surface area contributed by atoms with Crippen molar-refractivity contribution in [3.8, 4) is 22.6 Å². The summed E-state index contributed by atoms with van der Waals surface area (Å²) in [6.45, 7) is 2.63. The summed E-state index contributed by atoms with van der Waals surface area (Å²) in [4.78, 5) is 16.0. The third kappa shape index (κ3) is 4.11. The highest BCUT2D eigenvalue weighted by Gasteiger charge is 2.26. The van der Waals surface area contributed by atoms with Gasteiger partial charge in [0.05, 0.1) is 34.0 Å². The van der Waals surface area contributed by atoms with E-state index in [1.807, 2.05) is 23.6 Å². The Morgan fingerprint density at radius 1 is 1.09 bits per heavy atom. The largest absolute Gasteiger partial charge is 0.384 e. The molecule has 0 bridgehead atoms. The highest BCUT2D eigenvalue weighted by molar-refractivity contribution is 7.89. The summed E-state index contributed by atoms with van der Waals surface area (Å²) in [7, 11) is -0.692. The van der Waals surface area contributed by atoms with E-state index in [2.05, 4.69) is 14.9 Å². The van der Waals surface area contributed by atoms with E-state index >= 15 is 0 Å². The van der Waals surface area contributed by atoms with Crippen molar-refractivity contribution >= 4 is 43.1 Å². The van der Waals surface area contributed by atoms with E-state index in [1.54, 1.807) is 24.4 Å². The molecule has 0 atom stereocenters. The molecule has 0 saturated carbocycles. The molecule has 4 heterocycles. The zero-order valence-corrected chi connectivity index (χ0v) is 20.4. The van der Waals surface area contributed by atoms with Crippen LogP contribution >= 0.6 is 11.3 Å². The zero-order chi connectivity index (χ0) is 23.9. The average molecular weight is 497 g/mol. The lowest BCUT2D eigenvalue weighted by Crippen LogP contribution is -2.36. The quantitative estimate of drug-likeness (QED) is 0.448. The topological polar surface area (TPSA) is 115 Å². The maximum atomic E-state index is 13.4. The van der Waals surface area contributed by atoms with E-state index in [9.17, 15) is 8.42 Å². The number of hydrogen-bond donors (Lipinski definition) is 1. The van der Waals surface area contributed by atoms with Gasteiger partial charge in [0.2, 0.25) is 10.0 Å². The van der Waals surface area contributed by atoms with Crippen LogP contribution < -0.4 is 10.6 Å². The van der Waals surface area contributed by atoms with Gasteiger partial charge in [-0.15, -0.1) is 11.3 Å². The summed E-state index contributed by atoms with van der Waals surface area (Å²) >= 11 is 1.48. The van der Waals surface area contributed by atoms with Crippen molar-refractivity contribution < 1.29 is 13.2 Å². The van der Waals surface area contributed by atoms with Gasteiger partial charge in [-0.1, -0.05) is 0 Å². The van der Waals surface area contributed by atoms with Crippen molar-refractivity contribution in [2.75, 3.05) is 51.0 Å². The molecule has 176 valence electrons. The number of fused-ring (bicyclic) bond motifs is 1. The van der Waals surface area contributed by atoms with Crippen molar-refractivity contribution in [3.05, 3.63) is 48.0 Å². The Morgan fingerprint density at radius 3 is 2.59 bits per heavy atom. The van der Waals surface area contributed by atoms with Crippen LogP contribution in [-0.2, 0) is 14.8 Å². The first kappa shape index (κ1) is 22.7. The van der Waals surface area contributed by atoms with Gasteiger partial charge < -0.3 is 15.4 Å². The minimum Gasteiger partial charge on any atom is -0.384 e. The number of nitrogens with zero attached hydrogens (tertiary/aromatic N) is 5. The predicted molar refractivity (Wildman–Crippen MR) is 134 cm³/mol. The van der Waals surface area contributed by atoms with E-state index < -0.39 is 10.0 Å². The molecule has 2 N–H and O–H groups in total. The minimum absolute atomic E-state index is 0.205. The number of rotatable bonds is 5. The minimum atomic E-state index is -3.76. The Labute approximate surface area is 201 Å². The van der Waals surface area contributed by atoms with Gasteiger partial charge in [-0.25, -0.2) is 27.7 Å². The molecule has 1 aliphatic heterocycles. The number of anilines is 2. The smallest absolute Gasteiger partial charge is 0.243 e. The molecule has 0 amide bonds. The molecule has 5 rings (SSSR count). The fourth-order valence-corrected chi connectivity index (χ4v) is 5.79. The molecule has 0 radical (unpaired) electrons. The monoisotopic (exact) mass is 496 g/mol. The molecule has 34 heavy (non-hydrogen) atoms. The van der Waals surface area contributed by atoms with E-state index in [-0.39, 0.29) is 4.90 Å². The molecule has 3 aromatic heterocycles. The second-order valence-electron chi connectivity index (χ2n) is 8.07. The third-order valence-electron chi connectivity index (χ3n) is 5.70. The Hall–Kier alpha value is -3.12. The number of hydrogen-bond acceptors (Lipinski definition) is 9. The Bertz CT molecular complexity index is 1450. The maximum Gasteiger partial charge on any atom is 0.243 e. The Kier molecular flexibility index (Phi) is 5.94. The summed E-state index contributed by atoms with van der Waals surface area (Å²) in [6.07, 6.45) is 1.62. The SMILES string of the molecule is CN(C)S(=O)(=O)c1cc(N2CCOCC2)ccc1-c1nc(-c2ccc(N)nc2)nc2ccsc12. The summed E-state index contributed by atoms with van der Waals surface area (Å²) in [6, 6.07) is 10.9. The van der Waals surface area contributed by atoms with Gasteiger partial charge in [0.15, 0.2) is 5.82 Å². The summed E-state index contributed by atoms with van der Waals surface area (Å²) in [5.41, 5.74) is 9.12. The van der Waals surface area contributed by atoms with E-state index in [0.717, 1.165) is 15.9 Å². The van der Waals surface area contributed by atoms with Crippen molar-refractivity contribution in [2.45, 2.75) is 4.90 Å². The summed E-state index contributed by atoms with van der Waals surface area (Å²) in [5, 5.41) is 1.93. The van der Waals surface area contributed by atoms with Crippen LogP contribution in [0.2, 0.25) is 0 Å². The first-order valence-electron chi connectivity index (χ1n) is 10.7. The van der Waals surface area contributed by atoms with E-state index in [4.69, 9.17) is 15.5 Å². The molecule has 1 saturated heterocycles. The summed E-state index contributed by atoms with van der Waals surface area (Å²) < 4.78 is 34.4. The molecule has 0 aliphatic carbocycles. The number of pyridine rings is 1. The lowest BCUT2D eigenvalue weighted by Gasteiger charge is -2.29. The molecule has 1 fully saturated rings. The van der Waals surface area contributed by atoms with Crippen molar-refractivity contribution in [1.82, 2.24) is 19.3 Å². The highest BCUT2D eigenvalue weighted by Crippen LogP contribution is 2.38. The lowest BCUT2D eigenvalue weighted by atomic mass is 10.1. The third-order valence-corrected chi connectivity index (χ3v) is 8.47. The van der Waals surface area contributed by atoms with Crippen molar-refractivity contribution in [1.29, 1.82) is 0 Å². The van der Waals surface area contributed by atoms with Gasteiger partial charge in [-0.2, -0.15) is 0 Å². The van der Waals surface area contributed by atoms with Crippen molar-refractivity contribution in [2.24, 2.45) is 0 Å². The van der Waals surface area contributed by atoms with Crippen LogP contribution in [0.15, 0.2) is 52.9 Å². The number of nitrogen functional groups attached to an aromatic ring is 1. The molecule has 9 nitrogen and oxygen atoms in total. The van der Waals surface area contributed by atoms with Crippen LogP contribution in [-0.4, -0.2) is 68.1 Å². The van der Waals surface area contributed by atoms with Gasteiger partial charge in [0.1, 0.15) is 5.82 Å². The highest BCUT2D eigenvalue weighted by atomic mass is 32.2. The number of aromatic nitrogens is 3. The fourth-order valence-electron chi connectivity index (χ4n) is 3.85. The van der Waals surface area contributed by atoms with Gasteiger partial charge in [-0.05, 0) is 41.8 Å². The van der Waals surface area contributed by atoms with Crippen LogP contribution in [0, 0.1) is 0 Å². The molecular formula is C23H24N6O3S2. The van der Waals surface area contributed by atoms with Crippen LogP contribution in [0.3, 0.4) is 0 Å². The number of morpholine rings is 1. The number of benzene rings is 1. The number of nitrogens with two attached hydrogens (primary N) is 1. The number of sulfonamides is 1. The second kappa shape index (κ2) is 8.91. The van der Waals surface area contributed by atoms with E-state index in [1.165, 1.54) is 29.7 Å². The average Bonchev–Trinajstić information content (AvgIpc) is 3.33. The van der Waals surface area contributed by atoms with Crippen LogP contribution in [0.4, 0.5) is 11.5 Å². The molecule has 1 aliphatic rings. The molecule has 11 heteroatoms. The molecule has 0 unspecified atom stereocenters. The summed E-state index contributed by atoms with van der Waals surface area (Å²) in [5.74, 6) is 0.859. The van der Waals surface area contributed by atoms with Gasteiger partial charge >= 0.3 is 0 Å². The van der Waals surface area contributed by atoms with Gasteiger partial charge in [0.25, 0.3) is 0 Å². The van der Waals surface area contributed by atoms with E-state index in [0.29, 0.717) is 54.8 Å². The van der Waals surface area contributed by atoms with Crippen LogP contribution in [0.1, 0.15) is 0 Å². The standard InChI is InChI=1S/C23H24N6O3S2/c1-28(2)34(30,31)19-13-16(29-8-10-32-11-9-29)4-5-17(19)21-22-18(7-12-33-22)26-23(27-21)15-3-6-20(24)25-14-15/h3-7,12-14H,8-11H2,1-2H3,(H2,24,25). The fraction of sp³-hybridized carbons (Fsp3) is 0.261. The Morgan fingerprint density at radius 2 is 1.88 bits per heavy atom. The predicted octanol–water partition coefficient (Wildman–Crippen LogP) is 3.09. The lowest BCUT2D eigenvalue weighted by molar-refractivity contribution is 0.122. The molecule has 1 aromatic carbocycles. The molecular weight excluding hydrogens is 472 g/mol. The normalized spacial score (nSPS) is 14.7. The van der Waals surface area contributed by atoms with Gasteiger partial charge in [-0.3, -0.25) is 0 Å². The number of thiophene rings is 1. The maximum absolute atomic E-state index is 13.4. The molecule has 4 aromatic rings. The first-order valence-corrected chi connectivity index (χ1v) is 13.0. The Balaban J connectivity index is 1.73. The van der Waals surface area contributed by atoms with Gasteiger partial charge in [0, 0.05) is 50.2 Å².